The summed E-state index contributed by atoms with van der Waals surface area (Å²) in [4.78, 5) is 34.3. The Morgan fingerprint density at radius 2 is 1.66 bits per heavy atom. The Hall–Kier alpha value is -4.07. The molecular weight excluding hydrogens is 514 g/mol. The van der Waals surface area contributed by atoms with Crippen molar-refractivity contribution in [2.24, 2.45) is 5.16 Å². The standard InChI is InChI=1S/C34H37N3O4/c1-6-16-34(5,36-17-19-40-20-18-36)33(39)41-35-24(4)25-12-14-30-28(21-25)29-22-26(13-15-31(29)37(30)7-2)32(38)27-11-9-8-10-23(27)3/h6,8-15,21-22H,1,7,16-20H2,2-5H3. The average Bonchev–Trinajstić information content (AvgIpc) is 3.32. The Kier molecular flexibility index (Phi) is 8.20. The predicted molar refractivity (Wildman–Crippen MR) is 164 cm³/mol. The van der Waals surface area contributed by atoms with Crippen LogP contribution in [-0.4, -0.2) is 58.8 Å². The smallest absolute Gasteiger partial charge is 0.355 e. The summed E-state index contributed by atoms with van der Waals surface area (Å²) < 4.78 is 7.71. The number of aryl methyl sites for hydroxylation is 2. The minimum absolute atomic E-state index is 0.00560. The van der Waals surface area contributed by atoms with Gasteiger partial charge >= 0.3 is 5.97 Å². The molecule has 5 rings (SSSR count). The number of benzene rings is 3. The number of ether oxygens (including phenoxy) is 1. The number of oxime groups is 1. The quantitative estimate of drug-likeness (QED) is 0.0804. The van der Waals surface area contributed by atoms with Gasteiger partial charge in [-0.25, -0.2) is 4.79 Å². The van der Waals surface area contributed by atoms with E-state index in [2.05, 4.69) is 40.3 Å². The van der Waals surface area contributed by atoms with Crippen molar-refractivity contribution >= 4 is 39.3 Å². The van der Waals surface area contributed by atoms with Gasteiger partial charge in [-0.15, -0.1) is 6.58 Å². The normalized spacial score (nSPS) is 16.0. The van der Waals surface area contributed by atoms with Crippen LogP contribution in [-0.2, 0) is 20.9 Å². The number of morpholine rings is 1. The highest BCUT2D eigenvalue weighted by atomic mass is 16.7. The van der Waals surface area contributed by atoms with Crippen LogP contribution in [0.1, 0.15) is 54.2 Å². The fourth-order valence-corrected chi connectivity index (χ4v) is 5.73. The monoisotopic (exact) mass is 551 g/mol. The van der Waals surface area contributed by atoms with Gasteiger partial charge in [-0.05, 0) is 75.6 Å². The summed E-state index contributed by atoms with van der Waals surface area (Å²) in [6.07, 6.45) is 2.19. The van der Waals surface area contributed by atoms with Crippen LogP contribution < -0.4 is 0 Å². The summed E-state index contributed by atoms with van der Waals surface area (Å²) in [6.45, 7) is 14.8. The third-order valence-corrected chi connectivity index (χ3v) is 8.21. The molecule has 2 heterocycles. The van der Waals surface area contributed by atoms with Crippen LogP contribution in [0.2, 0.25) is 0 Å². The first kappa shape index (κ1) is 28.5. The Balaban J connectivity index is 1.48. The summed E-state index contributed by atoms with van der Waals surface area (Å²) in [7, 11) is 0. The number of ketones is 1. The van der Waals surface area contributed by atoms with E-state index in [0.717, 1.165) is 39.5 Å². The van der Waals surface area contributed by atoms with Gasteiger partial charge in [0, 0.05) is 52.6 Å². The molecule has 0 aliphatic carbocycles. The van der Waals surface area contributed by atoms with Crippen LogP contribution in [0.15, 0.2) is 78.5 Å². The van der Waals surface area contributed by atoms with Crippen molar-refractivity contribution in [1.82, 2.24) is 9.47 Å². The van der Waals surface area contributed by atoms with E-state index in [1.165, 1.54) is 0 Å². The zero-order chi connectivity index (χ0) is 29.1. The third-order valence-electron chi connectivity index (χ3n) is 8.21. The van der Waals surface area contributed by atoms with Crippen LogP contribution in [0.4, 0.5) is 0 Å². The third kappa shape index (κ3) is 5.35. The van der Waals surface area contributed by atoms with Gasteiger partial charge in [0.1, 0.15) is 5.54 Å². The number of hydrogen-bond acceptors (Lipinski definition) is 6. The van der Waals surface area contributed by atoms with E-state index in [-0.39, 0.29) is 5.78 Å². The van der Waals surface area contributed by atoms with E-state index in [1.807, 2.05) is 69.3 Å². The molecule has 212 valence electrons. The summed E-state index contributed by atoms with van der Waals surface area (Å²) >= 11 is 0. The molecule has 7 nitrogen and oxygen atoms in total. The molecule has 1 fully saturated rings. The van der Waals surface area contributed by atoms with E-state index in [0.29, 0.717) is 49.6 Å². The molecule has 0 N–H and O–H groups in total. The van der Waals surface area contributed by atoms with Crippen LogP contribution in [0.3, 0.4) is 0 Å². The minimum Gasteiger partial charge on any atom is -0.379 e. The van der Waals surface area contributed by atoms with Crippen molar-refractivity contribution < 1.29 is 19.2 Å². The fraction of sp³-hybridized carbons (Fsp3) is 0.324. The van der Waals surface area contributed by atoms with Crippen molar-refractivity contribution in [2.45, 2.75) is 46.2 Å². The molecule has 0 saturated carbocycles. The maximum absolute atomic E-state index is 13.4. The molecule has 0 radical (unpaired) electrons. The molecular formula is C34H37N3O4. The fourth-order valence-electron chi connectivity index (χ4n) is 5.73. The first-order valence-electron chi connectivity index (χ1n) is 14.1. The lowest BCUT2D eigenvalue weighted by Gasteiger charge is -2.39. The predicted octanol–water partition coefficient (Wildman–Crippen LogP) is 6.29. The number of nitrogens with zero attached hydrogens (tertiary/aromatic N) is 3. The van der Waals surface area contributed by atoms with Crippen molar-refractivity contribution in [2.75, 3.05) is 26.3 Å². The molecule has 1 aliphatic heterocycles. The molecule has 41 heavy (non-hydrogen) atoms. The molecule has 0 amide bonds. The molecule has 1 aliphatic rings. The number of carbonyl (C=O) groups is 2. The second-order valence-corrected chi connectivity index (χ2v) is 10.8. The largest absolute Gasteiger partial charge is 0.379 e. The molecule has 1 aromatic heterocycles. The topological polar surface area (TPSA) is 73.1 Å². The second kappa shape index (κ2) is 11.8. The number of hydrogen-bond donors (Lipinski definition) is 0. The first-order chi connectivity index (χ1) is 19.8. The number of carbonyl (C=O) groups excluding carboxylic acids is 2. The average molecular weight is 552 g/mol. The lowest BCUT2D eigenvalue weighted by atomic mass is 9.95. The Morgan fingerprint density at radius 3 is 2.29 bits per heavy atom. The van der Waals surface area contributed by atoms with Crippen LogP contribution in [0.5, 0.6) is 0 Å². The van der Waals surface area contributed by atoms with E-state index >= 15 is 0 Å². The highest BCUT2D eigenvalue weighted by Crippen LogP contribution is 2.32. The van der Waals surface area contributed by atoms with Gasteiger partial charge in [-0.3, -0.25) is 9.69 Å². The molecule has 7 heteroatoms. The molecule has 0 spiro atoms. The van der Waals surface area contributed by atoms with Crippen molar-refractivity contribution in [3.8, 4) is 0 Å². The Morgan fingerprint density at radius 1 is 1.02 bits per heavy atom. The maximum atomic E-state index is 13.4. The number of aromatic nitrogens is 1. The lowest BCUT2D eigenvalue weighted by Crippen LogP contribution is -2.56. The van der Waals surface area contributed by atoms with Gasteiger partial charge in [0.2, 0.25) is 0 Å². The Labute approximate surface area is 241 Å². The van der Waals surface area contributed by atoms with Crippen molar-refractivity contribution in [1.29, 1.82) is 0 Å². The highest BCUT2D eigenvalue weighted by Gasteiger charge is 2.41. The van der Waals surface area contributed by atoms with Gasteiger partial charge in [-0.2, -0.15) is 0 Å². The lowest BCUT2D eigenvalue weighted by molar-refractivity contribution is -0.160. The van der Waals surface area contributed by atoms with E-state index in [4.69, 9.17) is 9.57 Å². The van der Waals surface area contributed by atoms with Crippen molar-refractivity contribution in [3.05, 3.63) is 95.6 Å². The molecule has 1 atom stereocenters. The van der Waals surface area contributed by atoms with Gasteiger partial charge in [0.05, 0.1) is 18.9 Å². The zero-order valence-electron chi connectivity index (χ0n) is 24.3. The molecule has 3 aromatic carbocycles. The summed E-state index contributed by atoms with van der Waals surface area (Å²) in [5, 5.41) is 6.28. The second-order valence-electron chi connectivity index (χ2n) is 10.8. The van der Waals surface area contributed by atoms with E-state index in [1.54, 1.807) is 6.08 Å². The first-order valence-corrected chi connectivity index (χ1v) is 14.1. The number of fused-ring (bicyclic) bond motifs is 3. The summed E-state index contributed by atoms with van der Waals surface area (Å²) in [5.74, 6) is -0.410. The summed E-state index contributed by atoms with van der Waals surface area (Å²) in [6, 6.07) is 19.7. The van der Waals surface area contributed by atoms with E-state index < -0.39 is 11.5 Å². The van der Waals surface area contributed by atoms with Crippen molar-refractivity contribution in [3.63, 3.8) is 0 Å². The van der Waals surface area contributed by atoms with Crippen LogP contribution >= 0.6 is 0 Å². The molecule has 1 saturated heterocycles. The Bertz CT molecular complexity index is 1660. The van der Waals surface area contributed by atoms with Gasteiger partial charge in [0.25, 0.3) is 0 Å². The number of rotatable bonds is 9. The SMILES string of the molecule is C=CCC(C)(C(=O)ON=C(C)c1ccc2c(c1)c1cc(C(=O)c3ccccc3C)ccc1n2CC)N1CCOCC1. The molecule has 0 bridgehead atoms. The van der Waals surface area contributed by atoms with E-state index in [9.17, 15) is 9.59 Å². The van der Waals surface area contributed by atoms with Crippen LogP contribution in [0, 0.1) is 6.92 Å². The highest BCUT2D eigenvalue weighted by molar-refractivity contribution is 6.16. The van der Waals surface area contributed by atoms with Gasteiger partial charge in [0.15, 0.2) is 5.78 Å². The van der Waals surface area contributed by atoms with Gasteiger partial charge < -0.3 is 14.1 Å². The minimum atomic E-state index is -0.867. The van der Waals surface area contributed by atoms with Gasteiger partial charge in [-0.1, -0.05) is 41.6 Å². The zero-order valence-corrected chi connectivity index (χ0v) is 24.3. The summed E-state index contributed by atoms with van der Waals surface area (Å²) in [5.41, 5.74) is 5.01. The van der Waals surface area contributed by atoms with Crippen LogP contribution in [0.25, 0.3) is 21.8 Å². The maximum Gasteiger partial charge on any atom is 0.355 e. The molecule has 1 unspecified atom stereocenters. The molecule has 4 aromatic rings.